The summed E-state index contributed by atoms with van der Waals surface area (Å²) in [6.45, 7) is 12.0. The molecule has 3 aromatic heterocycles. The smallest absolute Gasteiger partial charge is 0.410 e. The second kappa shape index (κ2) is 11.5. The SMILES string of the molecule is Cn1cc(Nc2nccc(-c3ccc4c(c3)CN(C(=O)OC(C)(C)C)CCC4NC(=O)c3nnc(C(C)(C)C)o3)n2)cn1. The van der Waals surface area contributed by atoms with Gasteiger partial charge in [0, 0.05) is 43.5 Å². The molecule has 13 heteroatoms. The van der Waals surface area contributed by atoms with Gasteiger partial charge in [0.1, 0.15) is 5.60 Å². The molecule has 0 radical (unpaired) electrons. The average molecular weight is 588 g/mol. The number of amides is 2. The predicted molar refractivity (Wildman–Crippen MR) is 158 cm³/mol. The first-order valence-electron chi connectivity index (χ1n) is 14.1. The number of carbonyl (C=O) groups excluding carboxylic acids is 2. The highest BCUT2D eigenvalue weighted by molar-refractivity contribution is 5.89. The van der Waals surface area contributed by atoms with Crippen molar-refractivity contribution in [2.45, 2.75) is 71.6 Å². The number of ether oxygens (including phenoxy) is 1. The molecule has 2 N–H and O–H groups in total. The zero-order valence-corrected chi connectivity index (χ0v) is 25.5. The first-order chi connectivity index (χ1) is 20.2. The van der Waals surface area contributed by atoms with Gasteiger partial charge in [0.2, 0.25) is 11.8 Å². The summed E-state index contributed by atoms with van der Waals surface area (Å²) in [6.07, 6.45) is 5.24. The van der Waals surface area contributed by atoms with Crippen molar-refractivity contribution >= 4 is 23.6 Å². The van der Waals surface area contributed by atoms with E-state index in [2.05, 4.69) is 35.9 Å². The lowest BCUT2D eigenvalue weighted by Crippen LogP contribution is -2.37. The topological polar surface area (TPSA) is 153 Å². The van der Waals surface area contributed by atoms with Gasteiger partial charge in [0.25, 0.3) is 0 Å². The minimum absolute atomic E-state index is 0.106. The van der Waals surface area contributed by atoms with Crippen molar-refractivity contribution in [2.24, 2.45) is 7.05 Å². The number of nitrogens with zero attached hydrogens (tertiary/aromatic N) is 7. The molecule has 0 fully saturated rings. The number of hydrogen-bond donors (Lipinski definition) is 2. The van der Waals surface area contributed by atoms with E-state index in [1.165, 1.54) is 0 Å². The van der Waals surface area contributed by atoms with Gasteiger partial charge in [0.15, 0.2) is 0 Å². The fourth-order valence-corrected chi connectivity index (χ4v) is 4.63. The number of hydrogen-bond acceptors (Lipinski definition) is 10. The number of anilines is 2. The van der Waals surface area contributed by atoms with Gasteiger partial charge in [-0.15, -0.1) is 10.2 Å². The maximum atomic E-state index is 13.2. The number of nitrogens with one attached hydrogen (secondary N) is 2. The fourth-order valence-electron chi connectivity index (χ4n) is 4.63. The number of benzene rings is 1. The average Bonchev–Trinajstić information content (AvgIpc) is 3.55. The molecule has 4 aromatic rings. The van der Waals surface area contributed by atoms with Crippen LogP contribution < -0.4 is 10.6 Å². The second-order valence-electron chi connectivity index (χ2n) is 12.6. The molecule has 226 valence electrons. The number of aryl methyl sites for hydroxylation is 1. The summed E-state index contributed by atoms with van der Waals surface area (Å²) in [7, 11) is 1.83. The maximum absolute atomic E-state index is 13.2. The van der Waals surface area contributed by atoms with Crippen molar-refractivity contribution in [2.75, 3.05) is 11.9 Å². The predicted octanol–water partition coefficient (Wildman–Crippen LogP) is 4.91. The highest BCUT2D eigenvalue weighted by Crippen LogP contribution is 2.32. The lowest BCUT2D eigenvalue weighted by Gasteiger charge is -2.26. The monoisotopic (exact) mass is 587 g/mol. The van der Waals surface area contributed by atoms with Gasteiger partial charge in [-0.3, -0.25) is 9.48 Å². The van der Waals surface area contributed by atoms with E-state index in [4.69, 9.17) is 9.15 Å². The summed E-state index contributed by atoms with van der Waals surface area (Å²) < 4.78 is 13.0. The summed E-state index contributed by atoms with van der Waals surface area (Å²) in [4.78, 5) is 37.0. The third-order valence-electron chi connectivity index (χ3n) is 6.70. The number of aromatic nitrogens is 6. The van der Waals surface area contributed by atoms with E-state index < -0.39 is 23.6 Å². The van der Waals surface area contributed by atoms with Crippen molar-refractivity contribution in [3.63, 3.8) is 0 Å². The van der Waals surface area contributed by atoms with Crippen LogP contribution in [-0.2, 0) is 23.7 Å². The van der Waals surface area contributed by atoms with Crippen LogP contribution in [0.25, 0.3) is 11.3 Å². The van der Waals surface area contributed by atoms with Crippen molar-refractivity contribution in [1.82, 2.24) is 40.2 Å². The molecule has 0 spiro atoms. The van der Waals surface area contributed by atoms with E-state index in [0.717, 1.165) is 22.4 Å². The molecule has 13 nitrogen and oxygen atoms in total. The molecular weight excluding hydrogens is 550 g/mol. The van der Waals surface area contributed by atoms with Crippen molar-refractivity contribution in [3.05, 3.63) is 65.8 Å². The Balaban J connectivity index is 1.45. The van der Waals surface area contributed by atoms with Crippen molar-refractivity contribution in [1.29, 1.82) is 0 Å². The molecule has 2 amide bonds. The summed E-state index contributed by atoms with van der Waals surface area (Å²) in [5.74, 6) is 0.221. The van der Waals surface area contributed by atoms with Crippen molar-refractivity contribution < 1.29 is 18.7 Å². The molecule has 0 saturated carbocycles. The Morgan fingerprint density at radius 2 is 1.88 bits per heavy atom. The highest BCUT2D eigenvalue weighted by atomic mass is 16.6. The molecule has 1 aliphatic rings. The van der Waals surface area contributed by atoms with Gasteiger partial charge in [-0.05, 0) is 50.5 Å². The molecule has 1 atom stereocenters. The van der Waals surface area contributed by atoms with E-state index in [-0.39, 0.29) is 11.3 Å². The van der Waals surface area contributed by atoms with Gasteiger partial charge in [-0.1, -0.05) is 32.9 Å². The molecule has 1 unspecified atom stereocenters. The molecule has 0 saturated heterocycles. The highest BCUT2D eigenvalue weighted by Gasteiger charge is 2.31. The normalized spacial score (nSPS) is 15.4. The van der Waals surface area contributed by atoms with E-state index in [1.807, 2.05) is 79.1 Å². The Morgan fingerprint density at radius 1 is 1.09 bits per heavy atom. The number of carbonyl (C=O) groups is 2. The molecule has 4 heterocycles. The van der Waals surface area contributed by atoms with Crippen LogP contribution in [0.2, 0.25) is 0 Å². The van der Waals surface area contributed by atoms with E-state index in [1.54, 1.807) is 22.0 Å². The largest absolute Gasteiger partial charge is 0.444 e. The van der Waals surface area contributed by atoms with Gasteiger partial charge in [0.05, 0.1) is 23.6 Å². The summed E-state index contributed by atoms with van der Waals surface area (Å²) >= 11 is 0. The standard InChI is InChI=1S/C30H37N9O4/c1-29(2,3)26-37-36-25(42-26)24(40)34-23-11-13-39(28(41)43-30(4,5)6)16-19-14-18(8-9-21(19)23)22-10-12-31-27(35-22)33-20-15-32-38(7)17-20/h8-10,12,14-15,17,23H,11,13,16H2,1-7H3,(H,34,40)(H,31,33,35). The lowest BCUT2D eigenvalue weighted by atomic mass is 9.96. The van der Waals surface area contributed by atoms with Gasteiger partial charge in [-0.25, -0.2) is 14.8 Å². The Kier molecular flexibility index (Phi) is 7.91. The molecular formula is C30H37N9O4. The van der Waals surface area contributed by atoms with Crippen LogP contribution in [-0.4, -0.2) is 59.0 Å². The second-order valence-corrected chi connectivity index (χ2v) is 12.6. The first-order valence-corrected chi connectivity index (χ1v) is 14.1. The number of rotatable bonds is 5. The zero-order valence-electron chi connectivity index (χ0n) is 25.5. The Bertz CT molecular complexity index is 1630. The molecule has 1 aromatic carbocycles. The van der Waals surface area contributed by atoms with E-state index >= 15 is 0 Å². The molecule has 1 aliphatic heterocycles. The Morgan fingerprint density at radius 3 is 2.56 bits per heavy atom. The fraction of sp³-hybridized carbons (Fsp3) is 0.433. The van der Waals surface area contributed by atoms with Crippen LogP contribution >= 0.6 is 0 Å². The van der Waals surface area contributed by atoms with Crippen LogP contribution in [0.4, 0.5) is 16.4 Å². The molecule has 0 aliphatic carbocycles. The van der Waals surface area contributed by atoms with Gasteiger partial charge < -0.3 is 24.7 Å². The zero-order chi connectivity index (χ0) is 30.9. The minimum Gasteiger partial charge on any atom is -0.444 e. The van der Waals surface area contributed by atoms with Crippen LogP contribution in [0.1, 0.15) is 81.7 Å². The molecule has 0 bridgehead atoms. The van der Waals surface area contributed by atoms with E-state index in [0.29, 0.717) is 37.0 Å². The summed E-state index contributed by atoms with van der Waals surface area (Å²) in [5, 5.41) is 18.4. The van der Waals surface area contributed by atoms with Crippen molar-refractivity contribution in [3.8, 4) is 11.3 Å². The van der Waals surface area contributed by atoms with Crippen LogP contribution in [0.3, 0.4) is 0 Å². The minimum atomic E-state index is -0.650. The van der Waals surface area contributed by atoms with Gasteiger partial charge in [-0.2, -0.15) is 5.10 Å². The summed E-state index contributed by atoms with van der Waals surface area (Å²) in [6, 6.07) is 7.29. The maximum Gasteiger partial charge on any atom is 0.410 e. The Hall–Kier alpha value is -4.81. The lowest BCUT2D eigenvalue weighted by molar-refractivity contribution is 0.0234. The quantitative estimate of drug-likeness (QED) is 0.329. The van der Waals surface area contributed by atoms with E-state index in [9.17, 15) is 9.59 Å². The first kappa shape index (κ1) is 29.7. The van der Waals surface area contributed by atoms with Crippen LogP contribution in [0, 0.1) is 0 Å². The van der Waals surface area contributed by atoms with Gasteiger partial charge >= 0.3 is 17.9 Å². The third-order valence-corrected chi connectivity index (χ3v) is 6.70. The molecule has 5 rings (SSSR count). The molecule has 43 heavy (non-hydrogen) atoms. The summed E-state index contributed by atoms with van der Waals surface area (Å²) in [5.41, 5.74) is 2.98. The van der Waals surface area contributed by atoms with Crippen LogP contribution in [0.15, 0.2) is 47.3 Å². The Labute approximate surface area is 250 Å². The third kappa shape index (κ3) is 7.16. The van der Waals surface area contributed by atoms with Crippen LogP contribution in [0.5, 0.6) is 0 Å². The number of fused-ring (bicyclic) bond motifs is 1.